The molecule has 0 saturated carbocycles. The minimum Gasteiger partial charge on any atom is -0.369 e. The second kappa shape index (κ2) is 4.10. The van der Waals surface area contributed by atoms with Crippen LogP contribution in [0.4, 0.5) is 5.82 Å². The van der Waals surface area contributed by atoms with E-state index < -0.39 is 0 Å². The van der Waals surface area contributed by atoms with E-state index in [0.29, 0.717) is 0 Å². The van der Waals surface area contributed by atoms with E-state index >= 15 is 0 Å². The summed E-state index contributed by atoms with van der Waals surface area (Å²) in [5, 5.41) is 3.25. The van der Waals surface area contributed by atoms with Gasteiger partial charge in [-0.1, -0.05) is 0 Å². The number of nitrogens with one attached hydrogen (secondary N) is 1. The van der Waals surface area contributed by atoms with Gasteiger partial charge < -0.3 is 5.32 Å². The molecule has 0 saturated heterocycles. The van der Waals surface area contributed by atoms with Gasteiger partial charge in [0.05, 0.1) is 0 Å². The van der Waals surface area contributed by atoms with Crippen molar-refractivity contribution in [1.29, 1.82) is 0 Å². The Bertz CT molecular complexity index is 365. The number of aromatic nitrogens is 2. The molecule has 1 aliphatic carbocycles. The number of terminal acetylenes is 1. The van der Waals surface area contributed by atoms with Crippen molar-refractivity contribution in [2.45, 2.75) is 25.7 Å². The van der Waals surface area contributed by atoms with Gasteiger partial charge in [0.25, 0.3) is 0 Å². The van der Waals surface area contributed by atoms with Gasteiger partial charge in [-0.3, -0.25) is 0 Å². The van der Waals surface area contributed by atoms with Gasteiger partial charge in [-0.25, -0.2) is 9.97 Å². The summed E-state index contributed by atoms with van der Waals surface area (Å²) in [5.74, 6) is 3.57. The third kappa shape index (κ3) is 1.69. The van der Waals surface area contributed by atoms with Gasteiger partial charge in [0, 0.05) is 24.2 Å². The fourth-order valence-electron chi connectivity index (χ4n) is 1.76. The standard InChI is InChI=1S/C11H13N3/c1-2-3-7-12-11-9-5-4-6-10(9)13-8-14-11/h1,8H,3-7H2,(H,12,13,14). The Hall–Kier alpha value is -1.56. The number of hydrogen-bond acceptors (Lipinski definition) is 3. The summed E-state index contributed by atoms with van der Waals surface area (Å²) in [7, 11) is 0. The summed E-state index contributed by atoms with van der Waals surface area (Å²) in [6, 6.07) is 0. The van der Waals surface area contributed by atoms with Crippen molar-refractivity contribution in [3.8, 4) is 12.3 Å². The highest BCUT2D eigenvalue weighted by Crippen LogP contribution is 2.24. The summed E-state index contributed by atoms with van der Waals surface area (Å²) in [6.45, 7) is 0.792. The summed E-state index contributed by atoms with van der Waals surface area (Å²) in [5.41, 5.74) is 2.48. The Balaban J connectivity index is 2.11. The molecule has 1 aliphatic rings. The molecular formula is C11H13N3. The van der Waals surface area contributed by atoms with Gasteiger partial charge in [-0.15, -0.1) is 12.3 Å². The SMILES string of the molecule is C#CCCNc1ncnc2c1CCC2. The Kier molecular flexibility index (Phi) is 2.64. The molecule has 0 spiro atoms. The van der Waals surface area contributed by atoms with E-state index in [0.717, 1.165) is 31.6 Å². The predicted molar refractivity (Wildman–Crippen MR) is 56.0 cm³/mol. The summed E-state index contributed by atoms with van der Waals surface area (Å²) >= 11 is 0. The molecule has 0 fully saturated rings. The molecule has 0 radical (unpaired) electrons. The van der Waals surface area contributed by atoms with E-state index in [1.54, 1.807) is 6.33 Å². The molecule has 72 valence electrons. The quantitative estimate of drug-likeness (QED) is 0.574. The average molecular weight is 187 g/mol. The van der Waals surface area contributed by atoms with E-state index in [1.807, 2.05) is 0 Å². The first kappa shape index (κ1) is 9.01. The van der Waals surface area contributed by atoms with Crippen LogP contribution in [0, 0.1) is 12.3 Å². The number of fused-ring (bicyclic) bond motifs is 1. The van der Waals surface area contributed by atoms with Crippen molar-refractivity contribution < 1.29 is 0 Å². The molecule has 2 rings (SSSR count). The second-order valence-corrected chi connectivity index (χ2v) is 3.38. The van der Waals surface area contributed by atoms with E-state index in [-0.39, 0.29) is 0 Å². The zero-order valence-electron chi connectivity index (χ0n) is 8.08. The van der Waals surface area contributed by atoms with E-state index in [9.17, 15) is 0 Å². The highest BCUT2D eigenvalue weighted by atomic mass is 15.0. The van der Waals surface area contributed by atoms with Gasteiger partial charge in [0.15, 0.2) is 0 Å². The minimum atomic E-state index is 0.735. The molecule has 1 heterocycles. The van der Waals surface area contributed by atoms with Crippen LogP contribution in [0.3, 0.4) is 0 Å². The first-order chi connectivity index (χ1) is 6.92. The van der Waals surface area contributed by atoms with Gasteiger partial charge in [0.2, 0.25) is 0 Å². The molecule has 1 aromatic heterocycles. The zero-order chi connectivity index (χ0) is 9.80. The van der Waals surface area contributed by atoms with Crippen LogP contribution >= 0.6 is 0 Å². The summed E-state index contributed by atoms with van der Waals surface area (Å²) in [6.07, 6.45) is 10.9. The number of nitrogens with zero attached hydrogens (tertiary/aromatic N) is 2. The molecule has 0 unspecified atom stereocenters. The van der Waals surface area contributed by atoms with Crippen LogP contribution in [0.25, 0.3) is 0 Å². The Morgan fingerprint density at radius 1 is 1.43 bits per heavy atom. The molecule has 1 aromatic rings. The van der Waals surface area contributed by atoms with Crippen molar-refractivity contribution in [2.75, 3.05) is 11.9 Å². The van der Waals surface area contributed by atoms with Crippen molar-refractivity contribution in [1.82, 2.24) is 9.97 Å². The molecular weight excluding hydrogens is 174 g/mol. The highest BCUT2D eigenvalue weighted by molar-refractivity contribution is 5.47. The zero-order valence-corrected chi connectivity index (χ0v) is 8.08. The Morgan fingerprint density at radius 2 is 2.36 bits per heavy atom. The Labute approximate surface area is 84.0 Å². The number of aryl methyl sites for hydroxylation is 1. The van der Waals surface area contributed by atoms with E-state index in [1.165, 1.54) is 17.7 Å². The van der Waals surface area contributed by atoms with Gasteiger partial charge in [0.1, 0.15) is 12.1 Å². The van der Waals surface area contributed by atoms with Gasteiger partial charge in [-0.2, -0.15) is 0 Å². The van der Waals surface area contributed by atoms with Gasteiger partial charge in [-0.05, 0) is 19.3 Å². The number of hydrogen-bond donors (Lipinski definition) is 1. The normalized spacial score (nSPS) is 13.4. The molecule has 0 amide bonds. The first-order valence-corrected chi connectivity index (χ1v) is 4.92. The third-order valence-electron chi connectivity index (χ3n) is 2.44. The molecule has 3 heteroatoms. The topological polar surface area (TPSA) is 37.8 Å². The van der Waals surface area contributed by atoms with Crippen LogP contribution in [0.1, 0.15) is 24.1 Å². The lowest BCUT2D eigenvalue weighted by Crippen LogP contribution is -2.06. The largest absolute Gasteiger partial charge is 0.369 e. The second-order valence-electron chi connectivity index (χ2n) is 3.38. The molecule has 1 N–H and O–H groups in total. The van der Waals surface area contributed by atoms with Crippen molar-refractivity contribution >= 4 is 5.82 Å². The average Bonchev–Trinajstić information content (AvgIpc) is 2.67. The van der Waals surface area contributed by atoms with Gasteiger partial charge >= 0.3 is 0 Å². The monoisotopic (exact) mass is 187 g/mol. The molecule has 0 bridgehead atoms. The van der Waals surface area contributed by atoms with Crippen LogP contribution in [-0.2, 0) is 12.8 Å². The maximum Gasteiger partial charge on any atom is 0.132 e. The van der Waals surface area contributed by atoms with Crippen LogP contribution in [0.5, 0.6) is 0 Å². The minimum absolute atomic E-state index is 0.735. The van der Waals surface area contributed by atoms with Crippen molar-refractivity contribution in [3.63, 3.8) is 0 Å². The molecule has 3 nitrogen and oxygen atoms in total. The van der Waals surface area contributed by atoms with Crippen molar-refractivity contribution in [3.05, 3.63) is 17.6 Å². The maximum absolute atomic E-state index is 5.18. The predicted octanol–water partition coefficient (Wildman–Crippen LogP) is 1.40. The van der Waals surface area contributed by atoms with Crippen LogP contribution in [-0.4, -0.2) is 16.5 Å². The molecule has 0 aliphatic heterocycles. The molecule has 0 aromatic carbocycles. The maximum atomic E-state index is 5.18. The fraction of sp³-hybridized carbons (Fsp3) is 0.455. The van der Waals surface area contributed by atoms with Crippen LogP contribution < -0.4 is 5.32 Å². The smallest absolute Gasteiger partial charge is 0.132 e. The lowest BCUT2D eigenvalue weighted by atomic mass is 10.2. The van der Waals surface area contributed by atoms with Crippen LogP contribution in [0.2, 0.25) is 0 Å². The fourth-order valence-corrected chi connectivity index (χ4v) is 1.76. The first-order valence-electron chi connectivity index (χ1n) is 4.92. The number of anilines is 1. The van der Waals surface area contributed by atoms with E-state index in [2.05, 4.69) is 21.2 Å². The molecule has 0 atom stereocenters. The molecule has 14 heavy (non-hydrogen) atoms. The lowest BCUT2D eigenvalue weighted by molar-refractivity contribution is 0.899. The number of rotatable bonds is 3. The van der Waals surface area contributed by atoms with Crippen molar-refractivity contribution in [2.24, 2.45) is 0 Å². The summed E-state index contributed by atoms with van der Waals surface area (Å²) in [4.78, 5) is 8.49. The third-order valence-corrected chi connectivity index (χ3v) is 2.44. The summed E-state index contributed by atoms with van der Waals surface area (Å²) < 4.78 is 0. The van der Waals surface area contributed by atoms with Crippen LogP contribution in [0.15, 0.2) is 6.33 Å². The Morgan fingerprint density at radius 3 is 3.21 bits per heavy atom. The lowest BCUT2D eigenvalue weighted by Gasteiger charge is -2.07. The highest BCUT2D eigenvalue weighted by Gasteiger charge is 2.16. The van der Waals surface area contributed by atoms with E-state index in [4.69, 9.17) is 6.42 Å².